The van der Waals surface area contributed by atoms with E-state index in [2.05, 4.69) is 76.7 Å². The van der Waals surface area contributed by atoms with E-state index in [1.165, 1.54) is 46.8 Å². The second kappa shape index (κ2) is 6.76. The summed E-state index contributed by atoms with van der Waals surface area (Å²) < 4.78 is 1.26. The number of hydrogen-bond acceptors (Lipinski definition) is 1. The molecule has 0 bridgehead atoms. The molecular weight excluding hydrogens is 322 g/mol. The molecule has 1 aliphatic carbocycles. The minimum absolute atomic E-state index is 0.450. The van der Waals surface area contributed by atoms with Gasteiger partial charge in [-0.15, -0.1) is 0 Å². The first-order valence-corrected chi connectivity index (χ1v) is 8.67. The molecule has 0 amide bonds. The fraction of sp³-hybridized carbons (Fsp3) is 0.368. The van der Waals surface area contributed by atoms with Crippen molar-refractivity contribution in [2.75, 3.05) is 0 Å². The van der Waals surface area contributed by atoms with Crippen LogP contribution in [-0.4, -0.2) is 0 Å². The highest BCUT2D eigenvalue weighted by Gasteiger charge is 2.26. The molecule has 0 radical (unpaired) electrons. The topological polar surface area (TPSA) is 12.0 Å². The molecule has 0 aliphatic heterocycles. The molecule has 2 heteroatoms. The first-order chi connectivity index (χ1) is 10.3. The highest BCUT2D eigenvalue weighted by molar-refractivity contribution is 9.10. The SMILES string of the molecule is CCCC(NC1CCc2c(Br)cccc21)c1ccccc1. The van der Waals surface area contributed by atoms with Gasteiger partial charge in [0.05, 0.1) is 0 Å². The van der Waals surface area contributed by atoms with E-state index < -0.39 is 0 Å². The Morgan fingerprint density at radius 3 is 2.71 bits per heavy atom. The van der Waals surface area contributed by atoms with Gasteiger partial charge in [0.2, 0.25) is 0 Å². The Bertz CT molecular complexity index is 594. The number of rotatable bonds is 5. The van der Waals surface area contributed by atoms with Crippen molar-refractivity contribution in [2.45, 2.75) is 44.7 Å². The second-order valence-corrected chi connectivity index (χ2v) is 6.67. The molecule has 0 aromatic heterocycles. The summed E-state index contributed by atoms with van der Waals surface area (Å²) >= 11 is 3.69. The predicted octanol–water partition coefficient (Wildman–Crippen LogP) is 5.57. The zero-order valence-electron chi connectivity index (χ0n) is 12.5. The molecule has 110 valence electrons. The quantitative estimate of drug-likeness (QED) is 0.748. The lowest BCUT2D eigenvalue weighted by Crippen LogP contribution is -2.25. The van der Waals surface area contributed by atoms with Crippen molar-refractivity contribution in [1.29, 1.82) is 0 Å². The van der Waals surface area contributed by atoms with Gasteiger partial charge in [0, 0.05) is 16.6 Å². The van der Waals surface area contributed by atoms with Crippen LogP contribution >= 0.6 is 15.9 Å². The average Bonchev–Trinajstić information content (AvgIpc) is 2.92. The Hall–Kier alpha value is -1.12. The molecule has 2 atom stereocenters. The van der Waals surface area contributed by atoms with Crippen LogP contribution in [0.15, 0.2) is 53.0 Å². The van der Waals surface area contributed by atoms with E-state index in [9.17, 15) is 0 Å². The third-order valence-electron chi connectivity index (χ3n) is 4.40. The Labute approximate surface area is 135 Å². The maximum atomic E-state index is 3.90. The van der Waals surface area contributed by atoms with Gasteiger partial charge >= 0.3 is 0 Å². The molecule has 0 spiro atoms. The number of fused-ring (bicyclic) bond motifs is 1. The Balaban J connectivity index is 1.81. The van der Waals surface area contributed by atoms with Gasteiger partial charge in [-0.3, -0.25) is 0 Å². The summed E-state index contributed by atoms with van der Waals surface area (Å²) in [5.41, 5.74) is 4.36. The summed E-state index contributed by atoms with van der Waals surface area (Å²) in [6.07, 6.45) is 4.75. The number of hydrogen-bond donors (Lipinski definition) is 1. The van der Waals surface area contributed by atoms with Crippen LogP contribution in [-0.2, 0) is 6.42 Å². The molecule has 2 unspecified atom stereocenters. The van der Waals surface area contributed by atoms with Crippen LogP contribution in [0.25, 0.3) is 0 Å². The molecule has 2 aromatic carbocycles. The highest BCUT2D eigenvalue weighted by atomic mass is 79.9. The van der Waals surface area contributed by atoms with Crippen molar-refractivity contribution in [3.8, 4) is 0 Å². The first kappa shape index (κ1) is 14.8. The van der Waals surface area contributed by atoms with Crippen LogP contribution in [0.4, 0.5) is 0 Å². The lowest BCUT2D eigenvalue weighted by Gasteiger charge is -2.24. The van der Waals surface area contributed by atoms with Crippen LogP contribution in [0.1, 0.15) is 55.0 Å². The van der Waals surface area contributed by atoms with Gasteiger partial charge in [0.15, 0.2) is 0 Å². The van der Waals surface area contributed by atoms with Gasteiger partial charge in [0.1, 0.15) is 0 Å². The molecule has 2 aromatic rings. The maximum absolute atomic E-state index is 3.90. The largest absolute Gasteiger partial charge is 0.303 e. The Kier molecular flexibility index (Phi) is 4.77. The van der Waals surface area contributed by atoms with Crippen LogP contribution in [0.2, 0.25) is 0 Å². The number of halogens is 1. The number of benzene rings is 2. The van der Waals surface area contributed by atoms with Gasteiger partial charge in [-0.1, -0.05) is 71.7 Å². The van der Waals surface area contributed by atoms with E-state index in [4.69, 9.17) is 0 Å². The number of nitrogens with one attached hydrogen (secondary N) is 1. The molecule has 0 heterocycles. The first-order valence-electron chi connectivity index (χ1n) is 7.88. The monoisotopic (exact) mass is 343 g/mol. The molecule has 1 nitrogen and oxygen atoms in total. The van der Waals surface area contributed by atoms with E-state index in [1.807, 2.05) is 0 Å². The third kappa shape index (κ3) is 3.22. The molecule has 3 rings (SSSR count). The fourth-order valence-corrected chi connectivity index (χ4v) is 3.93. The van der Waals surface area contributed by atoms with E-state index in [0.29, 0.717) is 12.1 Å². The summed E-state index contributed by atoms with van der Waals surface area (Å²) in [6, 6.07) is 18.4. The predicted molar refractivity (Wildman–Crippen MR) is 92.4 cm³/mol. The zero-order chi connectivity index (χ0) is 14.7. The van der Waals surface area contributed by atoms with Crippen LogP contribution in [0.5, 0.6) is 0 Å². The van der Waals surface area contributed by atoms with Crippen LogP contribution < -0.4 is 5.32 Å². The van der Waals surface area contributed by atoms with Crippen molar-refractivity contribution >= 4 is 15.9 Å². The molecule has 1 N–H and O–H groups in total. The van der Waals surface area contributed by atoms with E-state index in [0.717, 1.165) is 0 Å². The van der Waals surface area contributed by atoms with Crippen molar-refractivity contribution < 1.29 is 0 Å². The van der Waals surface area contributed by atoms with Gasteiger partial charge in [-0.05, 0) is 42.0 Å². The van der Waals surface area contributed by atoms with Gasteiger partial charge in [-0.2, -0.15) is 0 Å². The lowest BCUT2D eigenvalue weighted by molar-refractivity contribution is 0.419. The molecule has 0 saturated heterocycles. The maximum Gasteiger partial charge on any atom is 0.0332 e. The lowest BCUT2D eigenvalue weighted by atomic mass is 10.00. The standard InChI is InChI=1S/C19H22BrN/c1-2-7-18(14-8-4-3-5-9-14)21-19-13-12-15-16(19)10-6-11-17(15)20/h3-6,8-11,18-19,21H,2,7,12-13H2,1H3. The van der Waals surface area contributed by atoms with Crippen LogP contribution in [0.3, 0.4) is 0 Å². The third-order valence-corrected chi connectivity index (χ3v) is 5.14. The second-order valence-electron chi connectivity index (χ2n) is 5.82. The smallest absolute Gasteiger partial charge is 0.0332 e. The molecule has 0 saturated carbocycles. The highest BCUT2D eigenvalue weighted by Crippen LogP contribution is 2.37. The minimum atomic E-state index is 0.450. The van der Waals surface area contributed by atoms with Crippen molar-refractivity contribution in [2.24, 2.45) is 0 Å². The van der Waals surface area contributed by atoms with Gasteiger partial charge < -0.3 is 5.32 Å². The van der Waals surface area contributed by atoms with Crippen molar-refractivity contribution in [3.63, 3.8) is 0 Å². The summed E-state index contributed by atoms with van der Waals surface area (Å²) in [7, 11) is 0. The molecule has 21 heavy (non-hydrogen) atoms. The molecule has 0 fully saturated rings. The van der Waals surface area contributed by atoms with Gasteiger partial charge in [0.25, 0.3) is 0 Å². The normalized spacial score (nSPS) is 18.5. The zero-order valence-corrected chi connectivity index (χ0v) is 14.1. The van der Waals surface area contributed by atoms with E-state index in [1.54, 1.807) is 0 Å². The van der Waals surface area contributed by atoms with E-state index in [-0.39, 0.29) is 0 Å². The minimum Gasteiger partial charge on any atom is -0.303 e. The summed E-state index contributed by atoms with van der Waals surface area (Å²) in [4.78, 5) is 0. The van der Waals surface area contributed by atoms with Crippen molar-refractivity contribution in [1.82, 2.24) is 5.32 Å². The summed E-state index contributed by atoms with van der Waals surface area (Å²) in [6.45, 7) is 2.26. The average molecular weight is 344 g/mol. The fourth-order valence-electron chi connectivity index (χ4n) is 3.35. The Morgan fingerprint density at radius 1 is 1.14 bits per heavy atom. The van der Waals surface area contributed by atoms with Crippen LogP contribution in [0, 0.1) is 0 Å². The molecular formula is C19H22BrN. The van der Waals surface area contributed by atoms with Crippen molar-refractivity contribution in [3.05, 3.63) is 69.7 Å². The van der Waals surface area contributed by atoms with E-state index >= 15 is 0 Å². The molecule has 1 aliphatic rings. The van der Waals surface area contributed by atoms with Gasteiger partial charge in [-0.25, -0.2) is 0 Å². The summed E-state index contributed by atoms with van der Waals surface area (Å²) in [5.74, 6) is 0. The summed E-state index contributed by atoms with van der Waals surface area (Å²) in [5, 5.41) is 3.90. The Morgan fingerprint density at radius 2 is 1.95 bits per heavy atom.